The van der Waals surface area contributed by atoms with Crippen LogP contribution in [0.2, 0.25) is 0 Å². The van der Waals surface area contributed by atoms with Crippen molar-refractivity contribution in [1.29, 1.82) is 0 Å². The summed E-state index contributed by atoms with van der Waals surface area (Å²) in [6.07, 6.45) is 1.39. The summed E-state index contributed by atoms with van der Waals surface area (Å²) in [5.41, 5.74) is 2.28. The molecule has 1 unspecified atom stereocenters. The first kappa shape index (κ1) is 33.8. The Labute approximate surface area is 259 Å². The molecule has 44 heavy (non-hydrogen) atoms. The Kier molecular flexibility index (Phi) is 10.5. The van der Waals surface area contributed by atoms with Gasteiger partial charge in [0, 0.05) is 28.7 Å². The minimum absolute atomic E-state index is 0.145. The van der Waals surface area contributed by atoms with E-state index in [1.54, 1.807) is 0 Å². The van der Waals surface area contributed by atoms with Gasteiger partial charge >= 0.3 is 18.1 Å². The van der Waals surface area contributed by atoms with Gasteiger partial charge in [0.2, 0.25) is 0 Å². The number of fused-ring (bicyclic) bond motifs is 5. The fourth-order valence-corrected chi connectivity index (χ4v) is 9.91. The Balaban J connectivity index is 1.24. The normalized spacial score (nSPS) is 31.6. The molecule has 0 bridgehead atoms. The highest BCUT2D eigenvalue weighted by Gasteiger charge is 2.57. The molecule has 1 aromatic rings. The monoisotopic (exact) mass is 647 g/mol. The Hall–Kier alpha value is -1.59. The number of nitrogens with zero attached hydrogens (tertiary/aromatic N) is 1. The van der Waals surface area contributed by atoms with Crippen LogP contribution >= 0.6 is 0 Å². The van der Waals surface area contributed by atoms with Crippen LogP contribution in [-0.2, 0) is 22.0 Å². The number of esters is 1. The number of benzene rings is 1. The highest BCUT2D eigenvalue weighted by molar-refractivity contribution is 7.84. The molecule has 3 aliphatic carbocycles. The highest BCUT2D eigenvalue weighted by atomic mass is 32.2. The Morgan fingerprint density at radius 2 is 1.80 bits per heavy atom. The third kappa shape index (κ3) is 7.35. The third-order valence-electron chi connectivity index (χ3n) is 11.1. The maximum atomic E-state index is 13.3. The van der Waals surface area contributed by atoms with Gasteiger partial charge in [0.05, 0.1) is 12.6 Å². The van der Waals surface area contributed by atoms with E-state index in [-0.39, 0.29) is 41.5 Å². The van der Waals surface area contributed by atoms with Gasteiger partial charge in [0.1, 0.15) is 5.75 Å². The van der Waals surface area contributed by atoms with Gasteiger partial charge in [-0.2, -0.15) is 22.0 Å². The van der Waals surface area contributed by atoms with Gasteiger partial charge < -0.3 is 9.84 Å². The van der Waals surface area contributed by atoms with Crippen LogP contribution in [0.1, 0.15) is 94.6 Å². The molecule has 2 saturated carbocycles. The van der Waals surface area contributed by atoms with Gasteiger partial charge in [-0.05, 0) is 130 Å². The number of aliphatic hydroxyl groups excluding tert-OH is 1. The summed E-state index contributed by atoms with van der Waals surface area (Å²) in [5.74, 6) is -3.16. The first-order chi connectivity index (χ1) is 20.8. The first-order valence-electron chi connectivity index (χ1n) is 16.3. The molecule has 7 atom stereocenters. The second-order valence-corrected chi connectivity index (χ2v) is 15.6. The predicted molar refractivity (Wildman–Crippen MR) is 159 cm³/mol. The lowest BCUT2D eigenvalue weighted by Gasteiger charge is -2.53. The topological polar surface area (TPSA) is 66.8 Å². The van der Waals surface area contributed by atoms with E-state index >= 15 is 0 Å². The SMILES string of the molecule is C[C@]12CC[C@@H]3c4ccc(OC(=O)CN5CCCCC5)cc4C[C@@H](CCCS(=O)CCCC(F)(F)C(F)(F)F)[C@H]3[C@@H]1CC[C@@H]2O. The highest BCUT2D eigenvalue weighted by Crippen LogP contribution is 2.62. The molecule has 0 amide bonds. The number of likely N-dealkylation sites (tertiary alicyclic amines) is 1. The summed E-state index contributed by atoms with van der Waals surface area (Å²) in [7, 11) is -1.48. The van der Waals surface area contributed by atoms with Crippen molar-refractivity contribution in [3.05, 3.63) is 29.3 Å². The smallest absolute Gasteiger partial charge is 0.426 e. The van der Waals surface area contributed by atoms with Crippen LogP contribution in [0.4, 0.5) is 22.0 Å². The van der Waals surface area contributed by atoms with Crippen LogP contribution < -0.4 is 4.74 Å². The molecular formula is C33H46F5NO4S. The second-order valence-electron chi connectivity index (χ2n) is 13.9. The van der Waals surface area contributed by atoms with Crippen molar-refractivity contribution in [3.63, 3.8) is 0 Å². The van der Waals surface area contributed by atoms with E-state index < -0.39 is 35.7 Å². The van der Waals surface area contributed by atoms with E-state index in [9.17, 15) is 36.1 Å². The first-order valence-corrected chi connectivity index (χ1v) is 17.8. The molecule has 0 spiro atoms. The molecule has 248 valence electrons. The van der Waals surface area contributed by atoms with Gasteiger partial charge in [-0.3, -0.25) is 13.9 Å². The molecule has 1 aromatic carbocycles. The lowest BCUT2D eigenvalue weighted by Crippen LogP contribution is -2.47. The molecular weight excluding hydrogens is 601 g/mol. The van der Waals surface area contributed by atoms with E-state index in [4.69, 9.17) is 4.74 Å². The van der Waals surface area contributed by atoms with Crippen LogP contribution in [0.5, 0.6) is 5.75 Å². The average molecular weight is 648 g/mol. The van der Waals surface area contributed by atoms with Crippen molar-refractivity contribution < 1.29 is 40.8 Å². The number of aliphatic hydroxyl groups is 1. The number of hydrogen-bond donors (Lipinski definition) is 1. The van der Waals surface area contributed by atoms with E-state index in [2.05, 4.69) is 17.9 Å². The number of piperidine rings is 1. The van der Waals surface area contributed by atoms with Gasteiger partial charge in [0.15, 0.2) is 0 Å². The van der Waals surface area contributed by atoms with Gasteiger partial charge in [-0.1, -0.05) is 19.4 Å². The number of ether oxygens (including phenoxy) is 1. The molecule has 1 heterocycles. The Morgan fingerprint density at radius 3 is 2.52 bits per heavy atom. The van der Waals surface area contributed by atoms with Crippen molar-refractivity contribution in [2.75, 3.05) is 31.1 Å². The van der Waals surface area contributed by atoms with Crippen LogP contribution in [0.15, 0.2) is 18.2 Å². The molecule has 5 rings (SSSR count). The van der Waals surface area contributed by atoms with Crippen LogP contribution in [0.25, 0.3) is 0 Å². The summed E-state index contributed by atoms with van der Waals surface area (Å²) < 4.78 is 82.2. The van der Waals surface area contributed by atoms with Gasteiger partial charge in [-0.15, -0.1) is 0 Å². The molecule has 0 aromatic heterocycles. The van der Waals surface area contributed by atoms with Crippen LogP contribution in [-0.4, -0.2) is 69.5 Å². The van der Waals surface area contributed by atoms with Crippen LogP contribution in [0.3, 0.4) is 0 Å². The minimum Gasteiger partial charge on any atom is -0.426 e. The predicted octanol–water partition coefficient (Wildman–Crippen LogP) is 7.03. The Morgan fingerprint density at radius 1 is 1.07 bits per heavy atom. The Bertz CT molecular complexity index is 1190. The average Bonchev–Trinajstić information content (AvgIpc) is 3.26. The molecule has 5 nitrogen and oxygen atoms in total. The number of rotatable bonds is 11. The molecule has 1 N–H and O–H groups in total. The largest absolute Gasteiger partial charge is 0.453 e. The summed E-state index contributed by atoms with van der Waals surface area (Å²) >= 11 is 0. The van der Waals surface area contributed by atoms with Gasteiger partial charge in [-0.25, -0.2) is 0 Å². The molecule has 11 heteroatoms. The van der Waals surface area contributed by atoms with E-state index in [1.165, 1.54) is 12.0 Å². The summed E-state index contributed by atoms with van der Waals surface area (Å²) in [4.78, 5) is 14.8. The lowest BCUT2D eigenvalue weighted by atomic mass is 9.52. The van der Waals surface area contributed by atoms with Crippen LogP contribution in [0, 0.1) is 23.2 Å². The standard InChI is InChI=1S/C33H46F5NO4S/c1-31-14-12-26-25-9-8-24(43-29(41)21-39-15-3-2-4-16-39)20-23(25)19-22(30(26)27(31)10-11-28(31)40)7-5-17-44(42)18-6-13-32(34,35)33(36,37)38/h8-9,20,22,26-28,30,40H,2-7,10-19,21H2,1H3/t22-,26-,27+,28+,30-,31+,44?/m1/s1. The minimum atomic E-state index is -5.59. The van der Waals surface area contributed by atoms with Crippen molar-refractivity contribution in [3.8, 4) is 5.75 Å². The zero-order valence-electron chi connectivity index (χ0n) is 25.6. The number of alkyl halides is 5. The van der Waals surface area contributed by atoms with Gasteiger partial charge in [0.25, 0.3) is 0 Å². The fourth-order valence-electron chi connectivity index (χ4n) is 8.75. The summed E-state index contributed by atoms with van der Waals surface area (Å²) in [6.45, 7) is 4.29. The number of carbonyl (C=O) groups excluding carboxylic acids is 1. The molecule has 0 radical (unpaired) electrons. The van der Waals surface area contributed by atoms with E-state index in [0.717, 1.165) is 70.0 Å². The second kappa shape index (κ2) is 13.6. The zero-order chi connectivity index (χ0) is 31.7. The fraction of sp³-hybridized carbons (Fsp3) is 0.788. The van der Waals surface area contributed by atoms with E-state index in [1.807, 2.05) is 12.1 Å². The lowest BCUT2D eigenvalue weighted by molar-refractivity contribution is -0.284. The summed E-state index contributed by atoms with van der Waals surface area (Å²) in [5, 5.41) is 10.9. The molecule has 1 saturated heterocycles. The molecule has 3 fully saturated rings. The third-order valence-corrected chi connectivity index (χ3v) is 12.6. The molecule has 1 aliphatic heterocycles. The number of halogens is 5. The maximum Gasteiger partial charge on any atom is 0.453 e. The van der Waals surface area contributed by atoms with Crippen molar-refractivity contribution in [1.82, 2.24) is 4.90 Å². The number of hydrogen-bond acceptors (Lipinski definition) is 5. The van der Waals surface area contributed by atoms with Crippen molar-refractivity contribution >= 4 is 16.8 Å². The molecule has 4 aliphatic rings. The quantitative estimate of drug-likeness (QED) is 0.159. The summed E-state index contributed by atoms with van der Waals surface area (Å²) in [6, 6.07) is 5.99. The van der Waals surface area contributed by atoms with Crippen molar-refractivity contribution in [2.45, 2.75) is 108 Å². The maximum absolute atomic E-state index is 13.3. The zero-order valence-corrected chi connectivity index (χ0v) is 26.4. The van der Waals surface area contributed by atoms with Crippen molar-refractivity contribution in [2.24, 2.45) is 23.2 Å². The number of carbonyl (C=O) groups is 1. The van der Waals surface area contributed by atoms with E-state index in [0.29, 0.717) is 29.9 Å².